The van der Waals surface area contributed by atoms with Gasteiger partial charge in [0.05, 0.1) is 0 Å². The van der Waals surface area contributed by atoms with E-state index in [9.17, 15) is 0 Å². The third-order valence-corrected chi connectivity index (χ3v) is 2.29. The zero-order valence-corrected chi connectivity index (χ0v) is 12.2. The number of nitrogens with zero attached hydrogens (tertiary/aromatic N) is 1. The van der Waals surface area contributed by atoms with Crippen LogP contribution in [0.5, 0.6) is 0 Å². The Morgan fingerprint density at radius 1 is 1.80 bits per heavy atom. The van der Waals surface area contributed by atoms with E-state index in [1.807, 2.05) is 7.05 Å². The fourth-order valence-electron chi connectivity index (χ4n) is 0. The van der Waals surface area contributed by atoms with Crippen molar-refractivity contribution >= 4 is 0.753 Å². The Morgan fingerprint density at radius 3 is 2.00 bits per heavy atom. The molecule has 26 valence electrons. The van der Waals surface area contributed by atoms with Crippen LogP contribution in [-0.2, 0) is 0 Å². The summed E-state index contributed by atoms with van der Waals surface area (Å²) in [4.78, 5) is 3.91. The molecule has 0 saturated heterocycles. The van der Waals surface area contributed by atoms with Crippen LogP contribution in [0.15, 0.2) is 4.99 Å². The van der Waals surface area contributed by atoms with Gasteiger partial charge in [-0.3, -0.25) is 0 Å². The molecule has 1 nitrogen and oxygen atoms in total. The van der Waals surface area contributed by atoms with Gasteiger partial charge in [0.15, 0.2) is 0 Å². The number of rotatable bonds is 0. The van der Waals surface area contributed by atoms with Gasteiger partial charge in [0, 0.05) is 0 Å². The molecular weight excluding hydrogens is 276 g/mol. The van der Waals surface area contributed by atoms with Crippen LogP contribution in [0.3, 0.4) is 0 Å². The molecule has 0 rings (SSSR count). The molecule has 0 aromatic heterocycles. The molecule has 5 heavy (non-hydrogen) atoms. The summed E-state index contributed by atoms with van der Waals surface area (Å²) < 4.78 is 1.36. The summed E-state index contributed by atoms with van der Waals surface area (Å²) in [7, 11) is 1.84. The summed E-state index contributed by atoms with van der Waals surface area (Å²) >= 11 is 0.563. The van der Waals surface area contributed by atoms with Crippen LogP contribution in [0, 0.1) is 42.8 Å². The summed E-state index contributed by atoms with van der Waals surface area (Å²) in [5, 5.41) is 0. The summed E-state index contributed by atoms with van der Waals surface area (Å²) in [5.41, 5.74) is 0. The third kappa shape index (κ3) is 5.14. The summed E-state index contributed by atoms with van der Waals surface area (Å²) in [5.74, 6) is 0. The predicted octanol–water partition coefficient (Wildman–Crippen LogP) is 0.316. The van der Waals surface area contributed by atoms with Gasteiger partial charge in [-0.15, -0.1) is 0 Å². The van der Waals surface area contributed by atoms with Crippen molar-refractivity contribution in [1.29, 1.82) is 0 Å². The van der Waals surface area contributed by atoms with Crippen LogP contribution in [0.25, 0.3) is 0 Å². The third-order valence-electron chi connectivity index (χ3n) is 0.447. The van der Waals surface area contributed by atoms with E-state index in [2.05, 4.69) is 11.9 Å². The minimum atomic E-state index is 0.563. The van der Waals surface area contributed by atoms with Gasteiger partial charge < -0.3 is 0 Å². The summed E-state index contributed by atoms with van der Waals surface area (Å²) in [6.07, 6.45) is 0. The van der Waals surface area contributed by atoms with Crippen LogP contribution in [-0.4, -0.2) is 7.80 Å². The van der Waals surface area contributed by atoms with Crippen molar-refractivity contribution in [2.24, 2.45) is 4.99 Å². The van der Waals surface area contributed by atoms with Crippen LogP contribution in [0.1, 0.15) is 6.92 Å². The second-order valence-corrected chi connectivity index (χ2v) is 7.12. The molecule has 0 unspecified atom stereocenters. The van der Waals surface area contributed by atoms with Crippen LogP contribution in [0.4, 0.5) is 0 Å². The molecule has 0 spiro atoms. The normalized spacial score (nSPS) is 11.8. The van der Waals surface area contributed by atoms with E-state index in [1.54, 1.807) is 0 Å². The fourth-order valence-corrected chi connectivity index (χ4v) is 0. The summed E-state index contributed by atoms with van der Waals surface area (Å²) in [6, 6.07) is 0. The molecule has 0 fully saturated rings. The van der Waals surface area contributed by atoms with Gasteiger partial charge in [-0.2, -0.15) is 0 Å². The Morgan fingerprint density at radius 2 is 2.00 bits per heavy atom. The SMILES string of the molecule is C/N=[C](/C)[RaH]. The second-order valence-electron chi connectivity index (χ2n) is 1.17. The standard InChI is InChI=1S/C3H6N.Ra.H/c1-3-4-2;;/h1-2H3;;. The van der Waals surface area contributed by atoms with Crippen molar-refractivity contribution in [3.8, 4) is 0 Å². The molecule has 0 N–H and O–H groups in total. The van der Waals surface area contributed by atoms with E-state index < -0.39 is 0 Å². The van der Waals surface area contributed by atoms with Crippen molar-refractivity contribution in [3.63, 3.8) is 0 Å². The Kier molecular flexibility index (Phi) is 4.09. The van der Waals surface area contributed by atoms with E-state index in [-0.39, 0.29) is 0 Å². The molecule has 0 aliphatic rings. The molecule has 2 heteroatoms. The van der Waals surface area contributed by atoms with Gasteiger partial charge in [-0.1, -0.05) is 0 Å². The molecule has 0 aliphatic heterocycles. The van der Waals surface area contributed by atoms with E-state index in [0.717, 1.165) is 0 Å². The van der Waals surface area contributed by atoms with Gasteiger partial charge in [-0.05, 0) is 0 Å². The maximum atomic E-state index is 3.91. The number of hydrogen-bond acceptors (Lipinski definition) is 1. The van der Waals surface area contributed by atoms with E-state index in [0.29, 0.717) is 42.8 Å². The topological polar surface area (TPSA) is 12.4 Å². The molecule has 0 amide bonds. The van der Waals surface area contributed by atoms with Crippen molar-refractivity contribution in [2.45, 2.75) is 6.92 Å². The Balaban J connectivity index is 3.14. The van der Waals surface area contributed by atoms with Crippen LogP contribution in [0.2, 0.25) is 0 Å². The molecule has 0 aromatic rings. The fraction of sp³-hybridized carbons (Fsp3) is 0.667. The van der Waals surface area contributed by atoms with Gasteiger partial charge in [0.1, 0.15) is 0 Å². The minimum absolute atomic E-state index is 0.563. The molecule has 0 aliphatic carbocycles. The molecule has 0 atom stereocenters. The molecular formula is C3H7NRa. The average Bonchev–Trinajstić information content (AvgIpc) is 1.38. The van der Waals surface area contributed by atoms with Crippen molar-refractivity contribution in [1.82, 2.24) is 0 Å². The molecule has 0 heterocycles. The molecule has 0 bridgehead atoms. The van der Waals surface area contributed by atoms with E-state index >= 15 is 0 Å². The van der Waals surface area contributed by atoms with Gasteiger partial charge >= 0.3 is 62.5 Å². The van der Waals surface area contributed by atoms with Crippen molar-refractivity contribution in [2.75, 3.05) is 7.05 Å². The van der Waals surface area contributed by atoms with Gasteiger partial charge in [-0.25, -0.2) is 0 Å². The first kappa shape index (κ1) is 6.14. The zero-order valence-electron chi connectivity index (χ0n) is 3.95. The average molecular weight is 283 g/mol. The van der Waals surface area contributed by atoms with E-state index in [1.165, 1.54) is 0.753 Å². The Labute approximate surface area is 61.6 Å². The number of hydrogen-bond donors (Lipinski definition) is 0. The second kappa shape index (κ2) is 3.33. The first-order valence-electron chi connectivity index (χ1n) is 1.67. The first-order chi connectivity index (χ1) is 2.27. The zero-order chi connectivity index (χ0) is 4.28. The van der Waals surface area contributed by atoms with Crippen molar-refractivity contribution in [3.05, 3.63) is 0 Å². The monoisotopic (exact) mass is 283 g/mol. The Hall–Kier alpha value is 1.14. The maximum absolute atomic E-state index is 3.91. The van der Waals surface area contributed by atoms with Crippen LogP contribution < -0.4 is 0 Å². The Bertz CT molecular complexity index is 44.9. The van der Waals surface area contributed by atoms with Gasteiger partial charge in [0.25, 0.3) is 0 Å². The molecule has 0 aromatic carbocycles. The predicted molar refractivity (Wildman–Crippen MR) is 20.4 cm³/mol. The van der Waals surface area contributed by atoms with E-state index in [4.69, 9.17) is 0 Å². The number of aliphatic imine (C=N–C) groups is 1. The molecule has 0 saturated carbocycles. The quantitative estimate of drug-likeness (QED) is 0.568. The first-order valence-corrected chi connectivity index (χ1v) is 5.78. The summed E-state index contributed by atoms with van der Waals surface area (Å²) in [6.45, 7) is 2.07. The van der Waals surface area contributed by atoms with Gasteiger partial charge in [0.2, 0.25) is 0 Å². The van der Waals surface area contributed by atoms with Crippen LogP contribution >= 0.6 is 0 Å². The molecule has 0 radical (unpaired) electrons. The van der Waals surface area contributed by atoms with Crippen molar-refractivity contribution < 1.29 is 42.8 Å².